The molecule has 0 bridgehead atoms. The standard InChI is InChI=1S/C13H16N4OS/c14-4-5-16-12(18)11-10(15)8-6-7-2-1-3-9(7)17-13(8)19-11/h6H,1-5,14-15H2,(H,16,18). The molecule has 0 saturated carbocycles. The predicted octanol–water partition coefficient (Wildman–Crippen LogP) is 1.06. The topological polar surface area (TPSA) is 94.0 Å². The van der Waals surface area contributed by atoms with Gasteiger partial charge in [-0.2, -0.15) is 0 Å². The van der Waals surface area contributed by atoms with Crippen LogP contribution in [0.15, 0.2) is 6.07 Å². The van der Waals surface area contributed by atoms with Crippen LogP contribution >= 0.6 is 11.3 Å². The van der Waals surface area contributed by atoms with E-state index in [-0.39, 0.29) is 5.91 Å². The highest BCUT2D eigenvalue weighted by molar-refractivity contribution is 7.21. The Morgan fingerprint density at radius 2 is 2.32 bits per heavy atom. The molecule has 5 N–H and O–H groups in total. The minimum absolute atomic E-state index is 0.161. The monoisotopic (exact) mass is 276 g/mol. The van der Waals surface area contributed by atoms with Gasteiger partial charge in [-0.05, 0) is 30.9 Å². The number of aromatic nitrogens is 1. The number of thiophene rings is 1. The molecule has 0 fully saturated rings. The molecule has 1 aliphatic carbocycles. The van der Waals surface area contributed by atoms with Gasteiger partial charge in [0.15, 0.2) is 0 Å². The Bertz CT molecular complexity index is 650. The highest BCUT2D eigenvalue weighted by atomic mass is 32.1. The Morgan fingerprint density at radius 1 is 1.47 bits per heavy atom. The number of nitrogens with zero attached hydrogens (tertiary/aromatic N) is 1. The first-order valence-corrected chi connectivity index (χ1v) is 7.21. The summed E-state index contributed by atoms with van der Waals surface area (Å²) in [5.74, 6) is -0.161. The third kappa shape index (κ3) is 2.06. The molecule has 0 radical (unpaired) electrons. The summed E-state index contributed by atoms with van der Waals surface area (Å²) in [4.78, 5) is 18.0. The molecule has 1 aliphatic rings. The van der Waals surface area contributed by atoms with Crippen LogP contribution < -0.4 is 16.8 Å². The van der Waals surface area contributed by atoms with Gasteiger partial charge in [-0.3, -0.25) is 4.79 Å². The van der Waals surface area contributed by atoms with E-state index >= 15 is 0 Å². The van der Waals surface area contributed by atoms with Crippen LogP contribution in [0.3, 0.4) is 0 Å². The summed E-state index contributed by atoms with van der Waals surface area (Å²) in [6.07, 6.45) is 3.24. The Hall–Kier alpha value is -1.66. The summed E-state index contributed by atoms with van der Waals surface area (Å²) in [7, 11) is 0. The number of aryl methyl sites for hydroxylation is 2. The van der Waals surface area contributed by atoms with Crippen molar-refractivity contribution in [2.75, 3.05) is 18.8 Å². The number of fused-ring (bicyclic) bond motifs is 2. The lowest BCUT2D eigenvalue weighted by atomic mass is 10.1. The lowest BCUT2D eigenvalue weighted by Crippen LogP contribution is -2.28. The van der Waals surface area contributed by atoms with Gasteiger partial charge in [0.25, 0.3) is 5.91 Å². The molecule has 0 aromatic carbocycles. The van der Waals surface area contributed by atoms with Gasteiger partial charge in [0.2, 0.25) is 0 Å². The molecule has 2 aromatic heterocycles. The maximum Gasteiger partial charge on any atom is 0.263 e. The fraction of sp³-hybridized carbons (Fsp3) is 0.385. The number of anilines is 1. The fourth-order valence-electron chi connectivity index (χ4n) is 2.43. The molecule has 0 spiro atoms. The molecule has 0 saturated heterocycles. The van der Waals surface area contributed by atoms with Gasteiger partial charge < -0.3 is 16.8 Å². The zero-order valence-corrected chi connectivity index (χ0v) is 11.3. The molecule has 2 heterocycles. The van der Waals surface area contributed by atoms with E-state index in [4.69, 9.17) is 11.5 Å². The van der Waals surface area contributed by atoms with Crippen LogP contribution in [0.4, 0.5) is 5.69 Å². The zero-order chi connectivity index (χ0) is 13.4. The molecule has 1 amide bonds. The van der Waals surface area contributed by atoms with E-state index in [1.54, 1.807) is 0 Å². The van der Waals surface area contributed by atoms with Crippen LogP contribution in [0, 0.1) is 0 Å². The van der Waals surface area contributed by atoms with Crippen LogP contribution in [-0.2, 0) is 12.8 Å². The van der Waals surface area contributed by atoms with Gasteiger partial charge in [-0.15, -0.1) is 11.3 Å². The molecular formula is C13H16N4OS. The number of carbonyl (C=O) groups is 1. The number of pyridine rings is 1. The van der Waals surface area contributed by atoms with E-state index in [2.05, 4.69) is 16.4 Å². The first-order valence-electron chi connectivity index (χ1n) is 6.39. The predicted molar refractivity (Wildman–Crippen MR) is 77.4 cm³/mol. The summed E-state index contributed by atoms with van der Waals surface area (Å²) in [5.41, 5.74) is 14.4. The Kier molecular flexibility index (Phi) is 3.12. The van der Waals surface area contributed by atoms with Crippen molar-refractivity contribution in [1.82, 2.24) is 10.3 Å². The minimum atomic E-state index is -0.161. The highest BCUT2D eigenvalue weighted by Crippen LogP contribution is 2.35. The fourth-order valence-corrected chi connectivity index (χ4v) is 3.45. The molecule has 0 unspecified atom stereocenters. The number of rotatable bonds is 3. The molecule has 0 aliphatic heterocycles. The second-order valence-corrected chi connectivity index (χ2v) is 5.69. The molecule has 6 heteroatoms. The maximum absolute atomic E-state index is 12.0. The van der Waals surface area contributed by atoms with Crippen LogP contribution in [0.1, 0.15) is 27.3 Å². The Morgan fingerprint density at radius 3 is 3.11 bits per heavy atom. The Balaban J connectivity index is 2.03. The SMILES string of the molecule is NCCNC(=O)c1sc2nc3c(cc2c1N)CCC3. The molecule has 19 heavy (non-hydrogen) atoms. The van der Waals surface area contributed by atoms with E-state index in [0.717, 1.165) is 35.2 Å². The number of nitrogens with two attached hydrogens (primary N) is 2. The molecule has 2 aromatic rings. The first kappa shape index (κ1) is 12.4. The molecule has 0 atom stereocenters. The van der Waals surface area contributed by atoms with Crippen LogP contribution in [0.2, 0.25) is 0 Å². The van der Waals surface area contributed by atoms with Gasteiger partial charge in [0, 0.05) is 24.2 Å². The first-order chi connectivity index (χ1) is 9.20. The third-order valence-corrected chi connectivity index (χ3v) is 4.50. The van der Waals surface area contributed by atoms with Gasteiger partial charge in [-0.25, -0.2) is 4.98 Å². The summed E-state index contributed by atoms with van der Waals surface area (Å²) in [5, 5.41) is 3.65. The Labute approximate surface area is 115 Å². The number of carbonyl (C=O) groups excluding carboxylic acids is 1. The molecule has 3 rings (SSSR count). The summed E-state index contributed by atoms with van der Waals surface area (Å²) < 4.78 is 0. The molecular weight excluding hydrogens is 260 g/mol. The quantitative estimate of drug-likeness (QED) is 0.781. The van der Waals surface area contributed by atoms with Crippen molar-refractivity contribution in [3.63, 3.8) is 0 Å². The number of amides is 1. The highest BCUT2D eigenvalue weighted by Gasteiger charge is 2.20. The number of hydrogen-bond donors (Lipinski definition) is 3. The minimum Gasteiger partial charge on any atom is -0.397 e. The van der Waals surface area contributed by atoms with E-state index in [1.165, 1.54) is 16.9 Å². The zero-order valence-electron chi connectivity index (χ0n) is 10.5. The van der Waals surface area contributed by atoms with E-state index in [1.807, 2.05) is 0 Å². The van der Waals surface area contributed by atoms with Crippen LogP contribution in [0.25, 0.3) is 10.2 Å². The van der Waals surface area contributed by atoms with Crippen molar-refractivity contribution in [2.24, 2.45) is 5.73 Å². The van der Waals surface area contributed by atoms with Crippen molar-refractivity contribution < 1.29 is 4.79 Å². The van der Waals surface area contributed by atoms with E-state index < -0.39 is 0 Å². The van der Waals surface area contributed by atoms with Gasteiger partial charge in [-0.1, -0.05) is 0 Å². The van der Waals surface area contributed by atoms with Crippen LogP contribution in [-0.4, -0.2) is 24.0 Å². The average molecular weight is 276 g/mol. The molecule has 5 nitrogen and oxygen atoms in total. The van der Waals surface area contributed by atoms with Crippen molar-refractivity contribution in [1.29, 1.82) is 0 Å². The second kappa shape index (κ2) is 4.79. The van der Waals surface area contributed by atoms with Crippen molar-refractivity contribution in [2.45, 2.75) is 19.3 Å². The largest absolute Gasteiger partial charge is 0.397 e. The van der Waals surface area contributed by atoms with Crippen molar-refractivity contribution in [3.05, 3.63) is 22.2 Å². The maximum atomic E-state index is 12.0. The van der Waals surface area contributed by atoms with Gasteiger partial charge >= 0.3 is 0 Å². The number of nitrogen functional groups attached to an aromatic ring is 1. The van der Waals surface area contributed by atoms with Gasteiger partial charge in [0.05, 0.1) is 5.69 Å². The normalized spacial score (nSPS) is 13.7. The third-order valence-electron chi connectivity index (χ3n) is 3.39. The van der Waals surface area contributed by atoms with Crippen LogP contribution in [0.5, 0.6) is 0 Å². The summed E-state index contributed by atoms with van der Waals surface area (Å²) in [6, 6.07) is 2.09. The molecule has 100 valence electrons. The van der Waals surface area contributed by atoms with E-state index in [9.17, 15) is 4.79 Å². The van der Waals surface area contributed by atoms with Crippen molar-refractivity contribution >= 4 is 33.1 Å². The second-order valence-electron chi connectivity index (χ2n) is 4.69. The lowest BCUT2D eigenvalue weighted by molar-refractivity contribution is 0.0959. The number of nitrogens with one attached hydrogen (secondary N) is 1. The van der Waals surface area contributed by atoms with Crippen molar-refractivity contribution in [3.8, 4) is 0 Å². The average Bonchev–Trinajstić information content (AvgIpc) is 2.98. The summed E-state index contributed by atoms with van der Waals surface area (Å²) >= 11 is 1.36. The lowest BCUT2D eigenvalue weighted by Gasteiger charge is -2.01. The van der Waals surface area contributed by atoms with Gasteiger partial charge in [0.1, 0.15) is 9.71 Å². The number of hydrogen-bond acceptors (Lipinski definition) is 5. The summed E-state index contributed by atoms with van der Waals surface area (Å²) in [6.45, 7) is 0.875. The smallest absolute Gasteiger partial charge is 0.263 e. The van der Waals surface area contributed by atoms with E-state index in [0.29, 0.717) is 23.7 Å².